The molecule has 1 N–H and O–H groups in total. The summed E-state index contributed by atoms with van der Waals surface area (Å²) in [5.74, 6) is 0.916. The van der Waals surface area contributed by atoms with Gasteiger partial charge in [0.25, 0.3) is 11.5 Å². The lowest BCUT2D eigenvalue weighted by Crippen LogP contribution is -2.34. The van der Waals surface area contributed by atoms with E-state index >= 15 is 0 Å². The Balaban J connectivity index is 1.48. The highest BCUT2D eigenvalue weighted by atomic mass is 32.1. The SMILES string of the molecule is CCOc1ccc(CNC(=O)c2cnc3sc(N4CCCC(C)C4)nn3c2=O)cc1. The number of aromatic nitrogens is 3. The van der Waals surface area contributed by atoms with E-state index in [1.807, 2.05) is 31.2 Å². The molecule has 3 heterocycles. The lowest BCUT2D eigenvalue weighted by Gasteiger charge is -2.30. The first-order valence-corrected chi connectivity index (χ1v) is 11.0. The summed E-state index contributed by atoms with van der Waals surface area (Å²) in [5.41, 5.74) is 0.454. The zero-order valence-corrected chi connectivity index (χ0v) is 17.9. The van der Waals surface area contributed by atoms with Crippen LogP contribution in [0.15, 0.2) is 35.3 Å². The second-order valence-electron chi connectivity index (χ2n) is 7.51. The normalized spacial score (nSPS) is 16.6. The van der Waals surface area contributed by atoms with Crippen LogP contribution < -0.4 is 20.5 Å². The summed E-state index contributed by atoms with van der Waals surface area (Å²) >= 11 is 1.38. The summed E-state index contributed by atoms with van der Waals surface area (Å²) in [6, 6.07) is 7.47. The van der Waals surface area contributed by atoms with Crippen LogP contribution in [0.3, 0.4) is 0 Å². The minimum atomic E-state index is -0.461. The maximum absolute atomic E-state index is 12.8. The number of amides is 1. The predicted octanol–water partition coefficient (Wildman–Crippen LogP) is 2.72. The number of fused-ring (bicyclic) bond motifs is 1. The average molecular weight is 428 g/mol. The summed E-state index contributed by atoms with van der Waals surface area (Å²) in [4.78, 5) is 32.4. The zero-order valence-electron chi connectivity index (χ0n) is 17.1. The Morgan fingerprint density at radius 3 is 2.87 bits per heavy atom. The maximum atomic E-state index is 12.8. The van der Waals surface area contributed by atoms with Crippen molar-refractivity contribution >= 4 is 27.3 Å². The molecule has 1 aliphatic heterocycles. The third-order valence-electron chi connectivity index (χ3n) is 5.14. The molecule has 1 atom stereocenters. The molecule has 1 aromatic carbocycles. The van der Waals surface area contributed by atoms with Gasteiger partial charge >= 0.3 is 0 Å². The number of carbonyl (C=O) groups excluding carboxylic acids is 1. The molecule has 1 aliphatic rings. The number of anilines is 1. The Hall–Kier alpha value is -2.94. The molecule has 1 fully saturated rings. The molecule has 8 nitrogen and oxygen atoms in total. The fourth-order valence-electron chi connectivity index (χ4n) is 3.57. The zero-order chi connectivity index (χ0) is 21.1. The molecule has 4 rings (SSSR count). The van der Waals surface area contributed by atoms with Gasteiger partial charge in [0, 0.05) is 25.8 Å². The van der Waals surface area contributed by atoms with E-state index in [0.29, 0.717) is 24.0 Å². The van der Waals surface area contributed by atoms with Gasteiger partial charge in [-0.3, -0.25) is 9.59 Å². The van der Waals surface area contributed by atoms with Crippen molar-refractivity contribution in [2.75, 3.05) is 24.6 Å². The van der Waals surface area contributed by atoms with Crippen LogP contribution in [0.1, 0.15) is 42.6 Å². The highest BCUT2D eigenvalue weighted by molar-refractivity contribution is 7.20. The van der Waals surface area contributed by atoms with Crippen LogP contribution in [0.5, 0.6) is 5.75 Å². The number of ether oxygens (including phenoxy) is 1. The van der Waals surface area contributed by atoms with E-state index in [1.165, 1.54) is 28.5 Å². The largest absolute Gasteiger partial charge is 0.494 e. The molecule has 1 amide bonds. The second kappa shape index (κ2) is 8.83. The Labute approximate surface area is 178 Å². The molecule has 2 aromatic heterocycles. The van der Waals surface area contributed by atoms with Crippen molar-refractivity contribution in [3.05, 3.63) is 51.9 Å². The van der Waals surface area contributed by atoms with Crippen molar-refractivity contribution in [1.82, 2.24) is 19.9 Å². The van der Waals surface area contributed by atoms with Crippen LogP contribution in [0.2, 0.25) is 0 Å². The first-order valence-electron chi connectivity index (χ1n) is 10.2. The van der Waals surface area contributed by atoms with Crippen LogP contribution in [0, 0.1) is 5.92 Å². The lowest BCUT2D eigenvalue weighted by atomic mass is 10.0. The Morgan fingerprint density at radius 2 is 2.13 bits per heavy atom. The van der Waals surface area contributed by atoms with E-state index in [1.54, 1.807) is 0 Å². The van der Waals surface area contributed by atoms with E-state index in [0.717, 1.165) is 36.0 Å². The van der Waals surface area contributed by atoms with Crippen LogP contribution >= 0.6 is 11.3 Å². The number of rotatable bonds is 6. The van der Waals surface area contributed by atoms with Gasteiger partial charge in [0.1, 0.15) is 11.3 Å². The quantitative estimate of drug-likeness (QED) is 0.651. The summed E-state index contributed by atoms with van der Waals surface area (Å²) in [6.07, 6.45) is 3.66. The third kappa shape index (κ3) is 4.30. The molecule has 0 aliphatic carbocycles. The number of carbonyl (C=O) groups is 1. The molecule has 30 heavy (non-hydrogen) atoms. The first kappa shape index (κ1) is 20.3. The van der Waals surface area contributed by atoms with E-state index in [9.17, 15) is 9.59 Å². The highest BCUT2D eigenvalue weighted by Gasteiger charge is 2.22. The van der Waals surface area contributed by atoms with Crippen LogP contribution in [-0.4, -0.2) is 40.2 Å². The molecule has 0 bridgehead atoms. The highest BCUT2D eigenvalue weighted by Crippen LogP contribution is 2.26. The molecule has 0 spiro atoms. The van der Waals surface area contributed by atoms with Gasteiger partial charge in [-0.05, 0) is 43.4 Å². The minimum Gasteiger partial charge on any atom is -0.494 e. The molecular weight excluding hydrogens is 402 g/mol. The van der Waals surface area contributed by atoms with Crippen molar-refractivity contribution < 1.29 is 9.53 Å². The number of nitrogens with zero attached hydrogens (tertiary/aromatic N) is 4. The van der Waals surface area contributed by atoms with Crippen LogP contribution in [0.4, 0.5) is 5.13 Å². The molecule has 9 heteroatoms. The predicted molar refractivity (Wildman–Crippen MR) is 117 cm³/mol. The summed E-state index contributed by atoms with van der Waals surface area (Å²) in [5, 5.41) is 8.01. The van der Waals surface area contributed by atoms with E-state index in [-0.39, 0.29) is 5.56 Å². The van der Waals surface area contributed by atoms with Gasteiger partial charge in [-0.15, -0.1) is 5.10 Å². The van der Waals surface area contributed by atoms with Gasteiger partial charge in [0.2, 0.25) is 10.1 Å². The van der Waals surface area contributed by atoms with Gasteiger partial charge in [-0.1, -0.05) is 30.4 Å². The first-order chi connectivity index (χ1) is 14.5. The Bertz CT molecular complexity index is 1090. The standard InChI is InChI=1S/C21H25N5O3S/c1-3-29-16-8-6-15(7-9-16)11-22-18(27)17-12-23-20-26(19(17)28)24-21(30-20)25-10-4-5-14(2)13-25/h6-9,12,14H,3-5,10-11,13H2,1-2H3,(H,22,27). The Kier molecular flexibility index (Phi) is 5.98. The van der Waals surface area contributed by atoms with E-state index in [2.05, 4.69) is 27.2 Å². The van der Waals surface area contributed by atoms with E-state index < -0.39 is 11.5 Å². The summed E-state index contributed by atoms with van der Waals surface area (Å²) in [7, 11) is 0. The van der Waals surface area contributed by atoms with Crippen molar-refractivity contribution in [2.45, 2.75) is 33.2 Å². The number of hydrogen-bond acceptors (Lipinski definition) is 7. The van der Waals surface area contributed by atoms with Crippen LogP contribution in [0.25, 0.3) is 4.96 Å². The minimum absolute atomic E-state index is 0.0118. The van der Waals surface area contributed by atoms with Gasteiger partial charge in [-0.25, -0.2) is 4.98 Å². The number of nitrogens with one attached hydrogen (secondary N) is 1. The van der Waals surface area contributed by atoms with Crippen molar-refractivity contribution in [2.24, 2.45) is 5.92 Å². The van der Waals surface area contributed by atoms with Crippen molar-refractivity contribution in [3.63, 3.8) is 0 Å². The smallest absolute Gasteiger partial charge is 0.288 e. The van der Waals surface area contributed by atoms with Crippen molar-refractivity contribution in [3.8, 4) is 5.75 Å². The molecule has 0 saturated carbocycles. The molecule has 158 valence electrons. The molecular formula is C21H25N5O3S. The van der Waals surface area contributed by atoms with Gasteiger partial charge < -0.3 is 15.0 Å². The summed E-state index contributed by atoms with van der Waals surface area (Å²) < 4.78 is 6.66. The number of benzene rings is 1. The van der Waals surface area contributed by atoms with E-state index in [4.69, 9.17) is 4.74 Å². The number of hydrogen-bond donors (Lipinski definition) is 1. The lowest BCUT2D eigenvalue weighted by molar-refractivity contribution is 0.0948. The third-order valence-corrected chi connectivity index (χ3v) is 6.12. The van der Waals surface area contributed by atoms with Gasteiger partial charge in [0.05, 0.1) is 6.61 Å². The van der Waals surface area contributed by atoms with Crippen LogP contribution in [-0.2, 0) is 6.54 Å². The second-order valence-corrected chi connectivity index (χ2v) is 8.44. The molecule has 3 aromatic rings. The maximum Gasteiger partial charge on any atom is 0.288 e. The number of piperidine rings is 1. The topological polar surface area (TPSA) is 88.8 Å². The fourth-order valence-corrected chi connectivity index (χ4v) is 4.47. The monoisotopic (exact) mass is 427 g/mol. The molecule has 1 saturated heterocycles. The van der Waals surface area contributed by atoms with Gasteiger partial charge in [-0.2, -0.15) is 4.52 Å². The summed E-state index contributed by atoms with van der Waals surface area (Å²) in [6.45, 7) is 6.90. The molecule has 0 radical (unpaired) electrons. The van der Waals surface area contributed by atoms with Crippen molar-refractivity contribution in [1.29, 1.82) is 0 Å². The Morgan fingerprint density at radius 1 is 1.33 bits per heavy atom. The fraction of sp³-hybridized carbons (Fsp3) is 0.429. The average Bonchev–Trinajstić information content (AvgIpc) is 3.19. The van der Waals surface area contributed by atoms with Gasteiger partial charge in [0.15, 0.2) is 0 Å². The molecule has 1 unspecified atom stereocenters.